The monoisotopic (exact) mass is 427 g/mol. The molecule has 0 spiro atoms. The van der Waals surface area contributed by atoms with E-state index in [4.69, 9.17) is 14.6 Å². The highest BCUT2D eigenvalue weighted by molar-refractivity contribution is 6.01. The number of carboxylic acid groups (broad SMARTS) is 1. The summed E-state index contributed by atoms with van der Waals surface area (Å²) in [7, 11) is 1.61. The zero-order valence-corrected chi connectivity index (χ0v) is 15.9. The molecule has 0 aliphatic carbocycles. The number of fused-ring (bicyclic) bond motifs is 2. The number of ether oxygens (including phenoxy) is 1. The van der Waals surface area contributed by atoms with Crippen molar-refractivity contribution < 1.29 is 32.6 Å². The van der Waals surface area contributed by atoms with Gasteiger partial charge in [0.2, 0.25) is 5.82 Å². The Balaban J connectivity index is 0.000000318. The van der Waals surface area contributed by atoms with E-state index >= 15 is 0 Å². The first-order chi connectivity index (χ1) is 14.2. The molecular formula is C18H20F3N5O4. The molecule has 1 amide bonds. The number of carbonyl (C=O) groups excluding carboxylic acids is 1. The van der Waals surface area contributed by atoms with Gasteiger partial charge in [-0.3, -0.25) is 4.79 Å². The minimum absolute atomic E-state index is 0.224. The highest BCUT2D eigenvalue weighted by atomic mass is 19.4. The maximum Gasteiger partial charge on any atom is 0.490 e. The van der Waals surface area contributed by atoms with Gasteiger partial charge in [0, 0.05) is 18.7 Å². The minimum Gasteiger partial charge on any atom is -0.497 e. The molecule has 3 N–H and O–H groups in total. The van der Waals surface area contributed by atoms with E-state index in [0.717, 1.165) is 37.6 Å². The molecule has 1 aromatic heterocycles. The highest BCUT2D eigenvalue weighted by Gasteiger charge is 2.38. The molecule has 1 fully saturated rings. The van der Waals surface area contributed by atoms with Gasteiger partial charge in [-0.15, -0.1) is 10.2 Å². The van der Waals surface area contributed by atoms with Crippen molar-refractivity contribution in [2.45, 2.75) is 19.1 Å². The van der Waals surface area contributed by atoms with E-state index in [1.54, 1.807) is 19.2 Å². The van der Waals surface area contributed by atoms with Gasteiger partial charge in [-0.1, -0.05) is 0 Å². The Kier molecular flexibility index (Phi) is 6.25. The maximum atomic E-state index is 12.5. The summed E-state index contributed by atoms with van der Waals surface area (Å²) in [5.41, 5.74) is 0.712. The van der Waals surface area contributed by atoms with Gasteiger partial charge in [0.1, 0.15) is 11.6 Å². The Hall–Kier alpha value is -3.15. The van der Waals surface area contributed by atoms with Crippen LogP contribution in [0.15, 0.2) is 24.3 Å². The number of carbonyl (C=O) groups is 2. The zero-order valence-electron chi connectivity index (χ0n) is 15.9. The van der Waals surface area contributed by atoms with Crippen molar-refractivity contribution in [2.24, 2.45) is 11.8 Å². The molecule has 4 rings (SSSR count). The molecule has 0 saturated carbocycles. The van der Waals surface area contributed by atoms with Crippen molar-refractivity contribution in [2.75, 3.05) is 25.5 Å². The van der Waals surface area contributed by atoms with Crippen molar-refractivity contribution in [1.82, 2.24) is 20.1 Å². The number of hydrogen-bond acceptors (Lipinski definition) is 6. The number of carboxylic acids is 1. The summed E-state index contributed by atoms with van der Waals surface area (Å²) in [6.45, 7) is 2.85. The van der Waals surface area contributed by atoms with E-state index in [1.165, 1.54) is 0 Å². The molecule has 0 bridgehead atoms. The molecule has 0 radical (unpaired) electrons. The second-order valence-electron chi connectivity index (χ2n) is 6.92. The number of aliphatic carboxylic acids is 1. The average Bonchev–Trinajstić information content (AvgIpc) is 3.32. The van der Waals surface area contributed by atoms with Gasteiger partial charge in [0.25, 0.3) is 5.91 Å². The molecule has 12 heteroatoms. The molecule has 2 aliphatic rings. The van der Waals surface area contributed by atoms with E-state index in [2.05, 4.69) is 20.8 Å². The predicted molar refractivity (Wildman–Crippen MR) is 98.2 cm³/mol. The summed E-state index contributed by atoms with van der Waals surface area (Å²) in [6, 6.07) is 7.23. The number of anilines is 1. The lowest BCUT2D eigenvalue weighted by Gasteiger charge is -2.25. The highest BCUT2D eigenvalue weighted by Crippen LogP contribution is 2.28. The Morgan fingerprint density at radius 3 is 2.43 bits per heavy atom. The zero-order chi connectivity index (χ0) is 21.9. The fourth-order valence-corrected chi connectivity index (χ4v) is 3.42. The Bertz CT molecular complexity index is 914. The van der Waals surface area contributed by atoms with Gasteiger partial charge in [0.05, 0.1) is 7.11 Å². The van der Waals surface area contributed by atoms with Crippen LogP contribution in [0.1, 0.15) is 16.4 Å². The number of benzene rings is 1. The summed E-state index contributed by atoms with van der Waals surface area (Å²) < 4.78 is 38.8. The fourth-order valence-electron chi connectivity index (χ4n) is 3.42. The molecule has 2 aliphatic heterocycles. The Labute approximate surface area is 169 Å². The van der Waals surface area contributed by atoms with Crippen LogP contribution in [0, 0.1) is 11.8 Å². The number of nitrogens with one attached hydrogen (secondary N) is 2. The third-order valence-electron chi connectivity index (χ3n) is 4.96. The van der Waals surface area contributed by atoms with E-state index in [0.29, 0.717) is 23.3 Å². The maximum absolute atomic E-state index is 12.5. The topological polar surface area (TPSA) is 118 Å². The van der Waals surface area contributed by atoms with Gasteiger partial charge in [-0.25, -0.2) is 4.79 Å². The summed E-state index contributed by atoms with van der Waals surface area (Å²) in [5.74, 6) is 0.250. The number of alkyl halides is 3. The number of halogens is 3. The largest absolute Gasteiger partial charge is 0.497 e. The lowest BCUT2D eigenvalue weighted by atomic mass is 9.89. The van der Waals surface area contributed by atoms with Crippen LogP contribution in [0.3, 0.4) is 0 Å². The smallest absolute Gasteiger partial charge is 0.490 e. The first kappa shape index (κ1) is 21.6. The van der Waals surface area contributed by atoms with Gasteiger partial charge in [-0.05, 0) is 49.2 Å². The summed E-state index contributed by atoms with van der Waals surface area (Å²) in [5, 5.41) is 21.7. The van der Waals surface area contributed by atoms with Gasteiger partial charge >= 0.3 is 12.1 Å². The fraction of sp³-hybridized carbons (Fsp3) is 0.444. The van der Waals surface area contributed by atoms with Gasteiger partial charge in [-0.2, -0.15) is 13.2 Å². The predicted octanol–water partition coefficient (Wildman–Crippen LogP) is 1.56. The third-order valence-corrected chi connectivity index (χ3v) is 4.96. The number of rotatable bonds is 3. The first-order valence-corrected chi connectivity index (χ1v) is 9.07. The molecule has 1 aromatic carbocycles. The number of methoxy groups -OCH3 is 1. The van der Waals surface area contributed by atoms with Crippen LogP contribution in [0.5, 0.6) is 5.75 Å². The van der Waals surface area contributed by atoms with Crippen LogP contribution >= 0.6 is 0 Å². The normalized spacial score (nSPS) is 19.7. The first-order valence-electron chi connectivity index (χ1n) is 9.07. The van der Waals surface area contributed by atoms with Crippen molar-refractivity contribution >= 4 is 17.6 Å². The molecule has 1 saturated heterocycles. The molecule has 3 heterocycles. The standard InChI is InChI=1S/C16H19N5O2.C2HF3O2/c1-23-13-4-2-12(3-5-13)18-16(22)15-20-19-14-6-10-7-17-8-11(10)9-21(14)15;3-2(4,5)1(6)7/h2-5,10-11,17H,6-9H2,1H3,(H,18,22);(H,6,7). The van der Waals surface area contributed by atoms with Crippen LogP contribution < -0.4 is 15.4 Å². The van der Waals surface area contributed by atoms with Crippen molar-refractivity contribution in [3.05, 3.63) is 35.9 Å². The van der Waals surface area contributed by atoms with Crippen molar-refractivity contribution in [3.63, 3.8) is 0 Å². The second-order valence-corrected chi connectivity index (χ2v) is 6.92. The molecule has 162 valence electrons. The van der Waals surface area contributed by atoms with E-state index in [-0.39, 0.29) is 5.91 Å². The summed E-state index contributed by atoms with van der Waals surface area (Å²) >= 11 is 0. The molecule has 9 nitrogen and oxygen atoms in total. The lowest BCUT2D eigenvalue weighted by molar-refractivity contribution is -0.192. The molecule has 2 atom stereocenters. The number of amides is 1. The minimum atomic E-state index is -5.08. The number of hydrogen-bond donors (Lipinski definition) is 3. The molecule has 2 aromatic rings. The van der Waals surface area contributed by atoms with Crippen LogP contribution in [0.4, 0.5) is 18.9 Å². The second kappa shape index (κ2) is 8.69. The van der Waals surface area contributed by atoms with Crippen LogP contribution in [-0.4, -0.2) is 58.1 Å². The van der Waals surface area contributed by atoms with Crippen LogP contribution in [0.2, 0.25) is 0 Å². The van der Waals surface area contributed by atoms with Gasteiger partial charge in [0.15, 0.2) is 0 Å². The van der Waals surface area contributed by atoms with E-state index < -0.39 is 12.1 Å². The molecule has 30 heavy (non-hydrogen) atoms. The van der Waals surface area contributed by atoms with Gasteiger partial charge < -0.3 is 25.0 Å². The Morgan fingerprint density at radius 1 is 1.20 bits per heavy atom. The quantitative estimate of drug-likeness (QED) is 0.680. The average molecular weight is 427 g/mol. The molecule has 2 unspecified atom stereocenters. The van der Waals surface area contributed by atoms with Crippen LogP contribution in [0.25, 0.3) is 0 Å². The van der Waals surface area contributed by atoms with Crippen LogP contribution in [-0.2, 0) is 17.8 Å². The number of aromatic nitrogens is 3. The molecular weight excluding hydrogens is 407 g/mol. The lowest BCUT2D eigenvalue weighted by Crippen LogP contribution is -2.31. The summed E-state index contributed by atoms with van der Waals surface area (Å²) in [6.07, 6.45) is -4.19. The summed E-state index contributed by atoms with van der Waals surface area (Å²) in [4.78, 5) is 21.4. The van der Waals surface area contributed by atoms with E-state index in [1.807, 2.05) is 16.7 Å². The van der Waals surface area contributed by atoms with Crippen molar-refractivity contribution in [1.29, 1.82) is 0 Å². The SMILES string of the molecule is COc1ccc(NC(=O)c2nnc3n2CC2CNCC2C3)cc1.O=C(O)C(F)(F)F. The Morgan fingerprint density at radius 2 is 1.83 bits per heavy atom. The van der Waals surface area contributed by atoms with E-state index in [9.17, 15) is 18.0 Å². The van der Waals surface area contributed by atoms with Crippen molar-refractivity contribution in [3.8, 4) is 5.75 Å². The number of nitrogens with zero attached hydrogens (tertiary/aromatic N) is 3. The third kappa shape index (κ3) is 4.87.